The maximum atomic E-state index is 14.0. The van der Waals surface area contributed by atoms with Crippen LogP contribution in [0.25, 0.3) is 10.9 Å². The van der Waals surface area contributed by atoms with Crippen molar-refractivity contribution in [2.75, 3.05) is 6.54 Å². The molecular formula is C20H20FN3O. The van der Waals surface area contributed by atoms with Crippen LogP contribution in [0.15, 0.2) is 48.7 Å². The smallest absolute Gasteiger partial charge is 0.225 e. The summed E-state index contributed by atoms with van der Waals surface area (Å²) < 4.78 is 14.0. The van der Waals surface area contributed by atoms with Gasteiger partial charge in [-0.05, 0) is 41.7 Å². The van der Waals surface area contributed by atoms with Crippen LogP contribution in [-0.4, -0.2) is 17.4 Å². The average Bonchev–Trinajstić information content (AvgIpc) is 3.18. The monoisotopic (exact) mass is 337 g/mol. The summed E-state index contributed by atoms with van der Waals surface area (Å²) in [4.78, 5) is 15.6. The number of H-pyrrole nitrogens is 1. The van der Waals surface area contributed by atoms with E-state index in [0.717, 1.165) is 22.2 Å². The van der Waals surface area contributed by atoms with Crippen molar-refractivity contribution in [2.24, 2.45) is 11.7 Å². The van der Waals surface area contributed by atoms with Gasteiger partial charge in [0.15, 0.2) is 0 Å². The number of amides is 1. The van der Waals surface area contributed by atoms with Gasteiger partial charge in [0.1, 0.15) is 5.82 Å². The number of nitrogens with one attached hydrogen (secondary N) is 2. The van der Waals surface area contributed by atoms with Gasteiger partial charge < -0.3 is 16.0 Å². The summed E-state index contributed by atoms with van der Waals surface area (Å²) in [5, 5.41) is 3.56. The van der Waals surface area contributed by atoms with E-state index in [-0.39, 0.29) is 23.7 Å². The molecule has 4 rings (SSSR count). The number of aromatic amines is 1. The molecule has 1 aromatic heterocycles. The van der Waals surface area contributed by atoms with Gasteiger partial charge in [0.2, 0.25) is 5.91 Å². The molecule has 0 aliphatic heterocycles. The number of fused-ring (bicyclic) bond motifs is 2. The SMILES string of the molecule is N[C@H]1c2ccccc2C[C@H]1C(=O)NCCc1c[nH]c2cccc(F)c12. The standard InChI is InChI=1S/C20H20FN3O/c21-16-6-3-7-17-18(16)13(11-24-17)8-9-23-20(25)15-10-12-4-1-2-5-14(12)19(15)22/h1-7,11,15,19,24H,8-10,22H2,(H,23,25)/t15-,19+/m1/s1. The van der Waals surface area contributed by atoms with E-state index in [4.69, 9.17) is 5.73 Å². The molecule has 2 atom stereocenters. The lowest BCUT2D eigenvalue weighted by atomic mass is 10.0. The minimum atomic E-state index is -0.262. The molecule has 3 aromatic rings. The van der Waals surface area contributed by atoms with Crippen molar-refractivity contribution in [3.05, 3.63) is 71.2 Å². The zero-order valence-electron chi connectivity index (χ0n) is 13.8. The van der Waals surface area contributed by atoms with Crippen LogP contribution in [0.3, 0.4) is 0 Å². The van der Waals surface area contributed by atoms with Crippen molar-refractivity contribution >= 4 is 16.8 Å². The number of rotatable bonds is 4. The number of carbonyl (C=O) groups excluding carboxylic acids is 1. The fourth-order valence-electron chi connectivity index (χ4n) is 3.74. The molecule has 0 saturated heterocycles. The molecule has 0 radical (unpaired) electrons. The number of hydrogen-bond donors (Lipinski definition) is 3. The topological polar surface area (TPSA) is 70.9 Å². The van der Waals surface area contributed by atoms with Crippen LogP contribution in [0.5, 0.6) is 0 Å². The number of carbonyl (C=O) groups is 1. The Bertz CT molecular complexity index is 934. The Morgan fingerprint density at radius 1 is 1.24 bits per heavy atom. The second kappa shape index (κ2) is 6.33. The van der Waals surface area contributed by atoms with Crippen molar-refractivity contribution in [2.45, 2.75) is 18.9 Å². The van der Waals surface area contributed by atoms with Gasteiger partial charge >= 0.3 is 0 Å². The van der Waals surface area contributed by atoms with Crippen LogP contribution in [0.2, 0.25) is 0 Å². The third kappa shape index (κ3) is 2.81. The Balaban J connectivity index is 1.40. The second-order valence-electron chi connectivity index (χ2n) is 6.55. The van der Waals surface area contributed by atoms with Gasteiger partial charge in [0, 0.05) is 29.7 Å². The number of nitrogens with two attached hydrogens (primary N) is 1. The van der Waals surface area contributed by atoms with Crippen molar-refractivity contribution in [3.8, 4) is 0 Å². The fourth-order valence-corrected chi connectivity index (χ4v) is 3.74. The summed E-state index contributed by atoms with van der Waals surface area (Å²) in [5.74, 6) is -0.519. The predicted octanol–water partition coefficient (Wildman–Crippen LogP) is 2.84. The molecule has 4 nitrogen and oxygen atoms in total. The Morgan fingerprint density at radius 2 is 2.08 bits per heavy atom. The summed E-state index contributed by atoms with van der Waals surface area (Å²) in [7, 11) is 0. The third-order valence-corrected chi connectivity index (χ3v) is 5.05. The van der Waals surface area contributed by atoms with Crippen molar-refractivity contribution in [1.29, 1.82) is 0 Å². The molecule has 0 bridgehead atoms. The van der Waals surface area contributed by atoms with Gasteiger partial charge in [-0.3, -0.25) is 4.79 Å². The number of aromatic nitrogens is 1. The van der Waals surface area contributed by atoms with Crippen molar-refractivity contribution in [1.82, 2.24) is 10.3 Å². The van der Waals surface area contributed by atoms with Crippen molar-refractivity contribution < 1.29 is 9.18 Å². The van der Waals surface area contributed by atoms with E-state index >= 15 is 0 Å². The third-order valence-electron chi connectivity index (χ3n) is 5.05. The lowest BCUT2D eigenvalue weighted by Crippen LogP contribution is -2.36. The zero-order valence-corrected chi connectivity index (χ0v) is 13.8. The normalized spacial score (nSPS) is 19.1. The highest BCUT2D eigenvalue weighted by Gasteiger charge is 2.34. The first-order valence-electron chi connectivity index (χ1n) is 8.50. The maximum absolute atomic E-state index is 14.0. The highest BCUT2D eigenvalue weighted by Crippen LogP contribution is 2.34. The molecule has 1 heterocycles. The lowest BCUT2D eigenvalue weighted by Gasteiger charge is -2.15. The van der Waals surface area contributed by atoms with Gasteiger partial charge in [-0.1, -0.05) is 30.3 Å². The highest BCUT2D eigenvalue weighted by molar-refractivity contribution is 5.84. The summed E-state index contributed by atoms with van der Waals surface area (Å²) in [6, 6.07) is 12.6. The van der Waals surface area contributed by atoms with Crippen LogP contribution in [0, 0.1) is 11.7 Å². The van der Waals surface area contributed by atoms with E-state index in [2.05, 4.69) is 10.3 Å². The number of hydrogen-bond acceptors (Lipinski definition) is 2. The van der Waals surface area contributed by atoms with E-state index < -0.39 is 0 Å². The molecule has 4 N–H and O–H groups in total. The highest BCUT2D eigenvalue weighted by atomic mass is 19.1. The molecule has 0 fully saturated rings. The van der Waals surface area contributed by atoms with Gasteiger partial charge in [-0.2, -0.15) is 0 Å². The summed E-state index contributed by atoms with van der Waals surface area (Å²) >= 11 is 0. The Morgan fingerprint density at radius 3 is 2.92 bits per heavy atom. The predicted molar refractivity (Wildman–Crippen MR) is 95.5 cm³/mol. The average molecular weight is 337 g/mol. The lowest BCUT2D eigenvalue weighted by molar-refractivity contribution is -0.125. The number of benzene rings is 2. The summed E-state index contributed by atoms with van der Waals surface area (Å²) in [6.45, 7) is 0.458. The molecule has 1 aliphatic carbocycles. The van der Waals surface area contributed by atoms with Crippen LogP contribution < -0.4 is 11.1 Å². The largest absolute Gasteiger partial charge is 0.361 e. The van der Waals surface area contributed by atoms with Gasteiger partial charge in [-0.25, -0.2) is 4.39 Å². The molecule has 1 amide bonds. The Kier molecular flexibility index (Phi) is 4.01. The van der Waals surface area contributed by atoms with E-state index in [0.29, 0.717) is 24.8 Å². The molecule has 0 saturated carbocycles. The zero-order chi connectivity index (χ0) is 17.4. The number of halogens is 1. The fraction of sp³-hybridized carbons (Fsp3) is 0.250. The second-order valence-corrected chi connectivity index (χ2v) is 6.55. The van der Waals surface area contributed by atoms with Crippen LogP contribution in [0.4, 0.5) is 4.39 Å². The molecule has 0 spiro atoms. The molecule has 0 unspecified atom stereocenters. The first kappa shape index (κ1) is 15.8. The molecule has 1 aliphatic rings. The van der Waals surface area contributed by atoms with Gasteiger partial charge in [-0.15, -0.1) is 0 Å². The van der Waals surface area contributed by atoms with E-state index in [1.807, 2.05) is 30.3 Å². The molecule has 128 valence electrons. The maximum Gasteiger partial charge on any atom is 0.225 e. The summed E-state index contributed by atoms with van der Waals surface area (Å²) in [6.07, 6.45) is 3.05. The quantitative estimate of drug-likeness (QED) is 0.685. The first-order valence-corrected chi connectivity index (χ1v) is 8.50. The van der Waals surface area contributed by atoms with Crippen molar-refractivity contribution in [3.63, 3.8) is 0 Å². The molecule has 25 heavy (non-hydrogen) atoms. The van der Waals surface area contributed by atoms with Crippen LogP contribution in [-0.2, 0) is 17.6 Å². The summed E-state index contributed by atoms with van der Waals surface area (Å²) in [5.41, 5.74) is 10.1. The molecule has 2 aromatic carbocycles. The van der Waals surface area contributed by atoms with E-state index in [1.165, 1.54) is 6.07 Å². The van der Waals surface area contributed by atoms with E-state index in [9.17, 15) is 9.18 Å². The van der Waals surface area contributed by atoms with E-state index in [1.54, 1.807) is 12.3 Å². The Labute approximate surface area is 145 Å². The first-order chi connectivity index (χ1) is 12.1. The minimum Gasteiger partial charge on any atom is -0.361 e. The van der Waals surface area contributed by atoms with Crippen LogP contribution in [0.1, 0.15) is 22.7 Å². The molecular weight excluding hydrogens is 317 g/mol. The molecule has 5 heteroatoms. The van der Waals surface area contributed by atoms with Gasteiger partial charge in [0.25, 0.3) is 0 Å². The minimum absolute atomic E-state index is 0.0380. The van der Waals surface area contributed by atoms with Crippen LogP contribution >= 0.6 is 0 Å². The Hall–Kier alpha value is -2.66. The van der Waals surface area contributed by atoms with Gasteiger partial charge in [0.05, 0.1) is 5.92 Å².